The van der Waals surface area contributed by atoms with Gasteiger partial charge in [0, 0.05) is 6.20 Å². The number of sulfonamides is 1. The Kier molecular flexibility index (Phi) is 4.27. The number of nitrogens with two attached hydrogens (primary N) is 2. The minimum atomic E-state index is -3.81. The van der Waals surface area contributed by atoms with Crippen LogP contribution in [0.5, 0.6) is 0 Å². The number of benzene rings is 1. The Morgan fingerprint density at radius 2 is 1.84 bits per heavy atom. The molecule has 0 saturated carbocycles. The number of nitrogens with one attached hydrogen (secondary N) is 1. The highest BCUT2D eigenvalue weighted by Gasteiger charge is 2.22. The highest BCUT2D eigenvalue weighted by atomic mass is 32.2. The van der Waals surface area contributed by atoms with Gasteiger partial charge in [0.05, 0.1) is 16.3 Å². The Balaban J connectivity index is 2.17. The van der Waals surface area contributed by atoms with E-state index in [-0.39, 0.29) is 10.6 Å². The Hall–Kier alpha value is -3.15. The van der Waals surface area contributed by atoms with Crippen molar-refractivity contribution in [2.24, 2.45) is 11.0 Å². The summed E-state index contributed by atoms with van der Waals surface area (Å²) in [5, 5.41) is 12.9. The molecule has 128 valence electrons. The number of carbonyl (C=O) groups excluding carboxylic acids is 1. The summed E-state index contributed by atoms with van der Waals surface area (Å²) in [6.45, 7) is 0. The van der Waals surface area contributed by atoms with Gasteiger partial charge < -0.3 is 0 Å². The second kappa shape index (κ2) is 6.39. The van der Waals surface area contributed by atoms with Crippen LogP contribution in [0.15, 0.2) is 53.6 Å². The van der Waals surface area contributed by atoms with Crippen molar-refractivity contribution in [1.29, 1.82) is 0 Å². The third-order valence-corrected chi connectivity index (χ3v) is 4.26. The summed E-state index contributed by atoms with van der Waals surface area (Å²) in [6, 6.07) is 10.8. The van der Waals surface area contributed by atoms with E-state index < -0.39 is 15.9 Å². The van der Waals surface area contributed by atoms with Crippen molar-refractivity contribution < 1.29 is 13.2 Å². The smallest absolute Gasteiger partial charge is 0.288 e. The third kappa shape index (κ3) is 3.24. The van der Waals surface area contributed by atoms with Gasteiger partial charge in [-0.2, -0.15) is 0 Å². The van der Waals surface area contributed by atoms with Gasteiger partial charge in [-0.15, -0.1) is 5.10 Å². The molecule has 0 fully saturated rings. The number of pyridine rings is 1. The molecular weight excluding hydrogens is 346 g/mol. The zero-order valence-corrected chi connectivity index (χ0v) is 13.5. The van der Waals surface area contributed by atoms with Crippen molar-refractivity contribution in [3.63, 3.8) is 0 Å². The van der Waals surface area contributed by atoms with E-state index in [1.807, 2.05) is 5.43 Å². The van der Waals surface area contributed by atoms with Crippen LogP contribution < -0.4 is 16.4 Å². The Morgan fingerprint density at radius 3 is 2.40 bits per heavy atom. The molecule has 1 aromatic carbocycles. The molecule has 3 aromatic rings. The van der Waals surface area contributed by atoms with E-state index in [1.54, 1.807) is 24.4 Å². The average molecular weight is 359 g/mol. The molecule has 0 aliphatic heterocycles. The monoisotopic (exact) mass is 359 g/mol. The van der Waals surface area contributed by atoms with Gasteiger partial charge in [-0.25, -0.2) is 24.1 Å². The molecule has 5 N–H and O–H groups in total. The van der Waals surface area contributed by atoms with Gasteiger partial charge in [0.2, 0.25) is 10.0 Å². The predicted molar refractivity (Wildman–Crippen MR) is 87.6 cm³/mol. The first-order valence-corrected chi connectivity index (χ1v) is 8.47. The van der Waals surface area contributed by atoms with E-state index in [9.17, 15) is 13.2 Å². The number of amides is 1. The van der Waals surface area contributed by atoms with E-state index >= 15 is 0 Å². The van der Waals surface area contributed by atoms with Crippen molar-refractivity contribution in [2.75, 3.05) is 0 Å². The van der Waals surface area contributed by atoms with Gasteiger partial charge in [-0.1, -0.05) is 11.3 Å². The van der Waals surface area contributed by atoms with Gasteiger partial charge in [-0.3, -0.25) is 15.2 Å². The number of nitrogens with zero attached hydrogens (tertiary/aromatic N) is 4. The number of carbonyl (C=O) groups is 1. The van der Waals surface area contributed by atoms with E-state index in [0.29, 0.717) is 17.1 Å². The molecule has 3 rings (SSSR count). The first-order valence-electron chi connectivity index (χ1n) is 6.93. The normalized spacial score (nSPS) is 11.3. The minimum absolute atomic E-state index is 0.0169. The van der Waals surface area contributed by atoms with Crippen LogP contribution in [-0.4, -0.2) is 34.3 Å². The van der Waals surface area contributed by atoms with Gasteiger partial charge in [0.25, 0.3) is 5.91 Å². The second-order valence-electron chi connectivity index (χ2n) is 4.93. The molecule has 0 aliphatic carbocycles. The molecule has 2 heterocycles. The number of hydrazine groups is 1. The van der Waals surface area contributed by atoms with Crippen LogP contribution in [0, 0.1) is 0 Å². The maximum Gasteiger partial charge on any atom is 0.288 e. The number of primary sulfonamides is 1. The summed E-state index contributed by atoms with van der Waals surface area (Å²) in [6.07, 6.45) is 1.56. The molecule has 0 aliphatic rings. The van der Waals surface area contributed by atoms with Gasteiger partial charge >= 0.3 is 0 Å². The fraction of sp³-hybridized carbons (Fsp3) is 0. The quantitative estimate of drug-likeness (QED) is 0.324. The number of nitrogen functional groups attached to an aromatic ring is 1. The molecule has 11 heteroatoms. The predicted octanol–water partition coefficient (Wildman–Crippen LogP) is -0.420. The third-order valence-electron chi connectivity index (χ3n) is 3.33. The summed E-state index contributed by atoms with van der Waals surface area (Å²) in [7, 11) is -3.81. The number of rotatable bonds is 4. The number of aromatic nitrogens is 4. The minimum Gasteiger partial charge on any atom is -0.289 e. The van der Waals surface area contributed by atoms with Crippen LogP contribution in [0.3, 0.4) is 0 Å². The first-order chi connectivity index (χ1) is 11.9. The lowest BCUT2D eigenvalue weighted by Crippen LogP contribution is -2.30. The van der Waals surface area contributed by atoms with Crippen molar-refractivity contribution in [3.05, 3.63) is 54.4 Å². The maximum atomic E-state index is 12.0. The van der Waals surface area contributed by atoms with Gasteiger partial charge in [0.15, 0.2) is 5.69 Å². The maximum absolute atomic E-state index is 12.0. The number of hydrogen-bond donors (Lipinski definition) is 3. The van der Waals surface area contributed by atoms with Crippen LogP contribution in [0.2, 0.25) is 0 Å². The molecule has 25 heavy (non-hydrogen) atoms. The molecule has 1 amide bonds. The van der Waals surface area contributed by atoms with Crippen molar-refractivity contribution in [1.82, 2.24) is 25.4 Å². The zero-order chi connectivity index (χ0) is 18.0. The molecule has 10 nitrogen and oxygen atoms in total. The summed E-state index contributed by atoms with van der Waals surface area (Å²) in [4.78, 5) is 16.1. The highest BCUT2D eigenvalue weighted by molar-refractivity contribution is 7.89. The van der Waals surface area contributed by atoms with E-state index in [4.69, 9.17) is 11.0 Å². The summed E-state index contributed by atoms with van der Waals surface area (Å²) in [5.74, 6) is 4.56. The topological polar surface area (TPSA) is 159 Å². The Morgan fingerprint density at radius 1 is 1.12 bits per heavy atom. The molecule has 0 spiro atoms. The van der Waals surface area contributed by atoms with E-state index in [2.05, 4.69) is 15.3 Å². The Bertz CT molecular complexity index is 1010. The number of hydrogen-bond acceptors (Lipinski definition) is 7. The average Bonchev–Trinajstić information content (AvgIpc) is 3.06. The van der Waals surface area contributed by atoms with Crippen molar-refractivity contribution in [2.45, 2.75) is 4.90 Å². The molecule has 2 aromatic heterocycles. The molecular formula is C14H13N7O3S. The van der Waals surface area contributed by atoms with Crippen molar-refractivity contribution in [3.8, 4) is 17.1 Å². The Labute approximate surface area is 142 Å². The first kappa shape index (κ1) is 16.7. The summed E-state index contributed by atoms with van der Waals surface area (Å²) in [5.41, 5.74) is 3.22. The second-order valence-corrected chi connectivity index (χ2v) is 6.49. The van der Waals surface area contributed by atoms with E-state index in [0.717, 1.165) is 0 Å². The summed E-state index contributed by atoms with van der Waals surface area (Å²) < 4.78 is 24.1. The van der Waals surface area contributed by atoms with Crippen molar-refractivity contribution >= 4 is 15.9 Å². The van der Waals surface area contributed by atoms with Crippen LogP contribution in [0.4, 0.5) is 0 Å². The largest absolute Gasteiger partial charge is 0.289 e. The SMILES string of the molecule is NNC(=O)c1nnn(-c2ccc(S(N)(=O)=O)cc2)c1-c1ccccn1. The van der Waals surface area contributed by atoms with E-state index in [1.165, 1.54) is 28.9 Å². The van der Waals surface area contributed by atoms with Crippen LogP contribution in [0.25, 0.3) is 17.1 Å². The molecule has 0 radical (unpaired) electrons. The molecule has 0 saturated heterocycles. The fourth-order valence-corrected chi connectivity index (χ4v) is 2.71. The lowest BCUT2D eigenvalue weighted by molar-refractivity contribution is 0.0949. The standard InChI is InChI=1S/C14H13N7O3S/c15-18-14(22)12-13(11-3-1-2-8-17-11)21(20-19-12)9-4-6-10(7-5-9)25(16,23)24/h1-8H,15H2,(H,18,22)(H2,16,23,24). The van der Waals surface area contributed by atoms with Crippen LogP contribution in [-0.2, 0) is 10.0 Å². The van der Waals surface area contributed by atoms with Gasteiger partial charge in [-0.05, 0) is 36.4 Å². The zero-order valence-electron chi connectivity index (χ0n) is 12.7. The van der Waals surface area contributed by atoms with Crippen LogP contribution >= 0.6 is 0 Å². The lowest BCUT2D eigenvalue weighted by Gasteiger charge is -2.08. The lowest BCUT2D eigenvalue weighted by atomic mass is 10.2. The highest BCUT2D eigenvalue weighted by Crippen LogP contribution is 2.24. The fourth-order valence-electron chi connectivity index (χ4n) is 2.19. The van der Waals surface area contributed by atoms with Gasteiger partial charge in [0.1, 0.15) is 5.69 Å². The molecule has 0 bridgehead atoms. The molecule has 0 atom stereocenters. The summed E-state index contributed by atoms with van der Waals surface area (Å²) >= 11 is 0. The van der Waals surface area contributed by atoms with Crippen LogP contribution in [0.1, 0.15) is 10.5 Å². The molecule has 0 unspecified atom stereocenters.